The van der Waals surface area contributed by atoms with Crippen molar-refractivity contribution in [1.29, 1.82) is 0 Å². The van der Waals surface area contributed by atoms with Gasteiger partial charge in [-0.3, -0.25) is 9.69 Å². The van der Waals surface area contributed by atoms with E-state index in [2.05, 4.69) is 24.1 Å². The fourth-order valence-electron chi connectivity index (χ4n) is 1.98. The monoisotopic (exact) mass is 265 g/mol. The van der Waals surface area contributed by atoms with E-state index in [0.29, 0.717) is 11.3 Å². The predicted molar refractivity (Wildman–Crippen MR) is 77.5 cm³/mol. The van der Waals surface area contributed by atoms with Crippen LogP contribution < -0.4 is 15.8 Å². The molecule has 0 heterocycles. The molecule has 1 aromatic carbocycles. The van der Waals surface area contributed by atoms with Gasteiger partial charge in [-0.2, -0.15) is 0 Å². The standard InChI is InChI=1S/C14H23N3O2/c1-5-17(6-2)10(3)19-13-9-11(16-4)7-8-12(13)14(15)18/h7-10,16H,5-6H2,1-4H3,(H2,15,18). The van der Waals surface area contributed by atoms with E-state index in [9.17, 15) is 4.79 Å². The fourth-order valence-corrected chi connectivity index (χ4v) is 1.98. The summed E-state index contributed by atoms with van der Waals surface area (Å²) < 4.78 is 5.88. The van der Waals surface area contributed by atoms with Gasteiger partial charge in [0.25, 0.3) is 5.91 Å². The van der Waals surface area contributed by atoms with E-state index in [1.54, 1.807) is 18.2 Å². The number of benzene rings is 1. The van der Waals surface area contributed by atoms with Crippen LogP contribution in [0, 0.1) is 0 Å². The molecular weight excluding hydrogens is 242 g/mol. The molecule has 0 saturated heterocycles. The molecule has 1 unspecified atom stereocenters. The number of hydrogen-bond donors (Lipinski definition) is 2. The topological polar surface area (TPSA) is 67.6 Å². The first-order valence-electron chi connectivity index (χ1n) is 6.55. The van der Waals surface area contributed by atoms with Crippen molar-refractivity contribution in [3.05, 3.63) is 23.8 Å². The van der Waals surface area contributed by atoms with Gasteiger partial charge in [-0.25, -0.2) is 0 Å². The highest BCUT2D eigenvalue weighted by Crippen LogP contribution is 2.24. The number of primary amides is 1. The number of carbonyl (C=O) groups excluding carboxylic acids is 1. The molecule has 19 heavy (non-hydrogen) atoms. The third-order valence-corrected chi connectivity index (χ3v) is 3.16. The Labute approximate surface area is 114 Å². The van der Waals surface area contributed by atoms with Gasteiger partial charge < -0.3 is 15.8 Å². The van der Waals surface area contributed by atoms with E-state index in [4.69, 9.17) is 10.5 Å². The number of nitrogens with one attached hydrogen (secondary N) is 1. The summed E-state index contributed by atoms with van der Waals surface area (Å²) in [5.74, 6) is 0.0307. The zero-order valence-corrected chi connectivity index (χ0v) is 12.1. The zero-order chi connectivity index (χ0) is 14.4. The van der Waals surface area contributed by atoms with Crippen molar-refractivity contribution in [2.75, 3.05) is 25.5 Å². The molecule has 5 heteroatoms. The van der Waals surface area contributed by atoms with Gasteiger partial charge in [-0.05, 0) is 32.1 Å². The van der Waals surface area contributed by atoms with Crippen LogP contribution in [0.5, 0.6) is 5.75 Å². The Morgan fingerprint density at radius 1 is 1.42 bits per heavy atom. The Morgan fingerprint density at radius 3 is 2.53 bits per heavy atom. The van der Waals surface area contributed by atoms with E-state index in [1.165, 1.54) is 0 Å². The summed E-state index contributed by atoms with van der Waals surface area (Å²) in [5, 5.41) is 3.02. The van der Waals surface area contributed by atoms with Gasteiger partial charge in [0.05, 0.1) is 5.56 Å². The van der Waals surface area contributed by atoms with Crippen LogP contribution >= 0.6 is 0 Å². The van der Waals surface area contributed by atoms with Gasteiger partial charge in [0.1, 0.15) is 12.0 Å². The number of nitrogens with two attached hydrogens (primary N) is 1. The van der Waals surface area contributed by atoms with Crippen molar-refractivity contribution >= 4 is 11.6 Å². The van der Waals surface area contributed by atoms with Crippen LogP contribution in [-0.4, -0.2) is 37.2 Å². The van der Waals surface area contributed by atoms with Gasteiger partial charge in [-0.1, -0.05) is 13.8 Å². The predicted octanol–water partition coefficient (Wildman–Crippen LogP) is 1.89. The van der Waals surface area contributed by atoms with Crippen molar-refractivity contribution in [2.45, 2.75) is 27.0 Å². The third kappa shape index (κ3) is 3.86. The molecule has 0 saturated carbocycles. The molecule has 0 aromatic heterocycles. The number of hydrogen-bond acceptors (Lipinski definition) is 4. The van der Waals surface area contributed by atoms with Crippen molar-refractivity contribution in [3.8, 4) is 5.75 Å². The molecule has 1 amide bonds. The number of rotatable bonds is 7. The van der Waals surface area contributed by atoms with Crippen molar-refractivity contribution < 1.29 is 9.53 Å². The Bertz CT molecular complexity index is 431. The van der Waals surface area contributed by atoms with Crippen LogP contribution in [0.15, 0.2) is 18.2 Å². The molecule has 1 rings (SSSR count). The van der Waals surface area contributed by atoms with E-state index in [-0.39, 0.29) is 6.23 Å². The van der Waals surface area contributed by atoms with Crippen LogP contribution in [0.2, 0.25) is 0 Å². The van der Waals surface area contributed by atoms with Crippen molar-refractivity contribution in [3.63, 3.8) is 0 Å². The summed E-state index contributed by atoms with van der Waals surface area (Å²) in [7, 11) is 1.82. The van der Waals surface area contributed by atoms with E-state index < -0.39 is 5.91 Å². The number of anilines is 1. The maximum atomic E-state index is 11.4. The lowest BCUT2D eigenvalue weighted by atomic mass is 10.1. The number of nitrogens with zero attached hydrogens (tertiary/aromatic N) is 1. The van der Waals surface area contributed by atoms with Crippen LogP contribution in [-0.2, 0) is 0 Å². The fraction of sp³-hybridized carbons (Fsp3) is 0.500. The van der Waals surface area contributed by atoms with Gasteiger partial charge in [0.2, 0.25) is 0 Å². The molecule has 0 aliphatic heterocycles. The van der Waals surface area contributed by atoms with Crippen LogP contribution in [0.3, 0.4) is 0 Å². The summed E-state index contributed by atoms with van der Waals surface area (Å²) >= 11 is 0. The average Bonchev–Trinajstić information content (AvgIpc) is 2.39. The Hall–Kier alpha value is -1.75. The molecule has 1 aromatic rings. The van der Waals surface area contributed by atoms with Gasteiger partial charge in [-0.15, -0.1) is 0 Å². The second kappa shape index (κ2) is 6.99. The summed E-state index contributed by atoms with van der Waals surface area (Å²) in [6.45, 7) is 7.87. The van der Waals surface area contributed by atoms with Crippen LogP contribution in [0.25, 0.3) is 0 Å². The minimum absolute atomic E-state index is 0.111. The number of carbonyl (C=O) groups is 1. The highest BCUT2D eigenvalue weighted by atomic mass is 16.5. The molecule has 0 spiro atoms. The number of amides is 1. The lowest BCUT2D eigenvalue weighted by Crippen LogP contribution is -2.37. The number of ether oxygens (including phenoxy) is 1. The van der Waals surface area contributed by atoms with Crippen molar-refractivity contribution in [2.24, 2.45) is 5.73 Å². The Kier molecular flexibility index (Phi) is 5.63. The molecule has 0 bridgehead atoms. The average molecular weight is 265 g/mol. The highest BCUT2D eigenvalue weighted by Gasteiger charge is 2.16. The zero-order valence-electron chi connectivity index (χ0n) is 12.1. The first-order chi connectivity index (χ1) is 9.03. The lowest BCUT2D eigenvalue weighted by Gasteiger charge is -2.27. The summed E-state index contributed by atoms with van der Waals surface area (Å²) in [5.41, 5.74) is 6.65. The summed E-state index contributed by atoms with van der Waals surface area (Å²) in [4.78, 5) is 13.6. The van der Waals surface area contributed by atoms with Crippen molar-refractivity contribution in [1.82, 2.24) is 4.90 Å². The SMILES string of the molecule is CCN(CC)C(C)Oc1cc(NC)ccc1C(N)=O. The second-order valence-corrected chi connectivity index (χ2v) is 4.26. The summed E-state index contributed by atoms with van der Waals surface area (Å²) in [6, 6.07) is 5.27. The van der Waals surface area contributed by atoms with Gasteiger partial charge in [0, 0.05) is 18.8 Å². The maximum absolute atomic E-state index is 11.4. The van der Waals surface area contributed by atoms with E-state index in [0.717, 1.165) is 18.8 Å². The lowest BCUT2D eigenvalue weighted by molar-refractivity contribution is 0.0472. The molecule has 5 nitrogen and oxygen atoms in total. The minimum atomic E-state index is -0.482. The second-order valence-electron chi connectivity index (χ2n) is 4.26. The molecule has 0 radical (unpaired) electrons. The Morgan fingerprint density at radius 2 is 2.05 bits per heavy atom. The quantitative estimate of drug-likeness (QED) is 0.739. The summed E-state index contributed by atoms with van der Waals surface area (Å²) in [6.07, 6.45) is -0.111. The first kappa shape index (κ1) is 15.3. The van der Waals surface area contributed by atoms with Crippen LogP contribution in [0.4, 0.5) is 5.69 Å². The molecule has 0 aliphatic carbocycles. The molecule has 0 fully saturated rings. The molecular formula is C14H23N3O2. The molecule has 0 aliphatic rings. The van der Waals surface area contributed by atoms with Gasteiger partial charge in [0.15, 0.2) is 0 Å². The smallest absolute Gasteiger partial charge is 0.252 e. The molecule has 1 atom stereocenters. The molecule has 106 valence electrons. The van der Waals surface area contributed by atoms with E-state index >= 15 is 0 Å². The highest BCUT2D eigenvalue weighted by molar-refractivity contribution is 5.96. The third-order valence-electron chi connectivity index (χ3n) is 3.16. The van der Waals surface area contributed by atoms with Gasteiger partial charge >= 0.3 is 0 Å². The van der Waals surface area contributed by atoms with Crippen LogP contribution in [0.1, 0.15) is 31.1 Å². The normalized spacial score (nSPS) is 12.3. The molecule has 3 N–H and O–H groups in total. The first-order valence-corrected chi connectivity index (χ1v) is 6.55. The van der Waals surface area contributed by atoms with E-state index in [1.807, 2.05) is 14.0 Å². The Balaban J connectivity index is 3.00. The minimum Gasteiger partial charge on any atom is -0.475 e. The maximum Gasteiger partial charge on any atom is 0.252 e. The largest absolute Gasteiger partial charge is 0.475 e.